The Labute approximate surface area is 141 Å². The molecule has 0 atom stereocenters. The molecule has 0 bridgehead atoms. The molecule has 0 spiro atoms. The first-order chi connectivity index (χ1) is 10.6. The van der Waals surface area contributed by atoms with E-state index in [1.54, 1.807) is 8.49 Å². The van der Waals surface area contributed by atoms with Crippen LogP contribution in [0.4, 0.5) is 4.79 Å². The van der Waals surface area contributed by atoms with Crippen molar-refractivity contribution in [1.29, 1.82) is 0 Å². The molecule has 0 aromatic rings. The Morgan fingerprint density at radius 3 is 1.91 bits per heavy atom. The summed E-state index contributed by atoms with van der Waals surface area (Å²) < 4.78 is 6.24. The summed E-state index contributed by atoms with van der Waals surface area (Å²) in [5, 5.41) is 9.17. The third kappa shape index (κ3) is 5.78. The molecule has 1 N–H and O–H groups in total. The van der Waals surface area contributed by atoms with Crippen LogP contribution in [0.5, 0.6) is 0 Å². The second-order valence-electron chi connectivity index (χ2n) is 6.80. The molecule has 1 aliphatic heterocycles. The predicted octanol–water partition coefficient (Wildman–Crippen LogP) is 5.68. The molecule has 1 aliphatic rings. The molecule has 0 aromatic heterocycles. The van der Waals surface area contributed by atoms with Crippen LogP contribution in [0, 0.1) is 0 Å². The average Bonchev–Trinajstić information content (AvgIpc) is 2.54. The van der Waals surface area contributed by atoms with Gasteiger partial charge in [0.1, 0.15) is 0 Å². The molecular weight excluding hydrogens is 381 g/mol. The molecule has 1 amide bonds. The molecule has 4 heteroatoms. The number of carboxylic acid groups (broad SMARTS) is 1. The quantitative estimate of drug-likeness (QED) is 0.466. The zero-order chi connectivity index (χ0) is 16.4. The molecule has 1 heterocycles. The SMILES string of the molecule is CCC[CH2][Sn]([CH2]CCC)([CH2]CCC)[C]1=CCN(C(=O)O)CC1. The molecule has 0 radical (unpaired) electrons. The Bertz CT molecular complexity index is 346. The summed E-state index contributed by atoms with van der Waals surface area (Å²) in [5.74, 6) is 0. The number of hydrogen-bond acceptors (Lipinski definition) is 1. The molecule has 1 rings (SSSR count). The minimum atomic E-state index is -2.26. The van der Waals surface area contributed by atoms with Crippen LogP contribution in [0.15, 0.2) is 9.67 Å². The molecule has 128 valence electrons. The van der Waals surface area contributed by atoms with E-state index in [1.807, 2.05) is 0 Å². The van der Waals surface area contributed by atoms with Gasteiger partial charge in [-0.2, -0.15) is 0 Å². The summed E-state index contributed by atoms with van der Waals surface area (Å²) in [6.45, 7) is 8.27. The van der Waals surface area contributed by atoms with Crippen LogP contribution in [0.1, 0.15) is 65.7 Å². The van der Waals surface area contributed by atoms with Gasteiger partial charge in [-0.3, -0.25) is 0 Å². The van der Waals surface area contributed by atoms with E-state index in [2.05, 4.69) is 26.8 Å². The fourth-order valence-corrected chi connectivity index (χ4v) is 20.8. The first kappa shape index (κ1) is 19.9. The first-order valence-electron chi connectivity index (χ1n) is 9.27. The van der Waals surface area contributed by atoms with Gasteiger partial charge in [0.05, 0.1) is 0 Å². The van der Waals surface area contributed by atoms with Crippen LogP contribution >= 0.6 is 0 Å². The van der Waals surface area contributed by atoms with E-state index >= 15 is 0 Å². The Hall–Kier alpha value is -0.191. The summed E-state index contributed by atoms with van der Waals surface area (Å²) in [4.78, 5) is 12.7. The zero-order valence-electron chi connectivity index (χ0n) is 14.9. The van der Waals surface area contributed by atoms with Gasteiger partial charge in [0.2, 0.25) is 0 Å². The van der Waals surface area contributed by atoms with Crippen LogP contribution in [0.25, 0.3) is 0 Å². The van der Waals surface area contributed by atoms with E-state index in [4.69, 9.17) is 5.11 Å². The molecule has 0 aliphatic carbocycles. The third-order valence-corrected chi connectivity index (χ3v) is 21.6. The first-order valence-corrected chi connectivity index (χ1v) is 16.7. The molecule has 0 aromatic carbocycles. The van der Waals surface area contributed by atoms with Crippen molar-refractivity contribution < 1.29 is 9.90 Å². The van der Waals surface area contributed by atoms with Crippen LogP contribution in [0.2, 0.25) is 13.3 Å². The Morgan fingerprint density at radius 1 is 1.09 bits per heavy atom. The van der Waals surface area contributed by atoms with Crippen molar-refractivity contribution in [1.82, 2.24) is 4.90 Å². The summed E-state index contributed by atoms with van der Waals surface area (Å²) in [6.07, 6.45) is 10.6. The van der Waals surface area contributed by atoms with E-state index in [0.717, 1.165) is 13.0 Å². The van der Waals surface area contributed by atoms with Crippen molar-refractivity contribution in [2.75, 3.05) is 13.1 Å². The summed E-state index contributed by atoms with van der Waals surface area (Å²) >= 11 is -2.26. The van der Waals surface area contributed by atoms with Gasteiger partial charge in [-0.05, 0) is 0 Å². The number of carbonyl (C=O) groups is 1. The fourth-order valence-electron chi connectivity index (χ4n) is 3.73. The molecule has 22 heavy (non-hydrogen) atoms. The number of rotatable bonds is 10. The van der Waals surface area contributed by atoms with Gasteiger partial charge in [0.25, 0.3) is 0 Å². The van der Waals surface area contributed by atoms with Gasteiger partial charge in [-0.25, -0.2) is 0 Å². The van der Waals surface area contributed by atoms with Gasteiger partial charge >= 0.3 is 141 Å². The van der Waals surface area contributed by atoms with Gasteiger partial charge < -0.3 is 0 Å². The van der Waals surface area contributed by atoms with Crippen molar-refractivity contribution in [2.45, 2.75) is 79.0 Å². The number of nitrogens with zero attached hydrogens (tertiary/aromatic N) is 1. The standard InChI is InChI=1S/C6H8NO2.3C4H9.Sn/c8-6(9)7-4-2-1-3-5-7;3*1-3-4-2;/h2H,3-5H2,(H,8,9);3*1,3-4H2,2H3;. The summed E-state index contributed by atoms with van der Waals surface area (Å²) in [6, 6.07) is 0. The molecule has 0 fully saturated rings. The maximum absolute atomic E-state index is 11.1. The van der Waals surface area contributed by atoms with E-state index in [9.17, 15) is 4.79 Å². The predicted molar refractivity (Wildman–Crippen MR) is 97.2 cm³/mol. The van der Waals surface area contributed by atoms with Crippen molar-refractivity contribution in [3.05, 3.63) is 9.67 Å². The van der Waals surface area contributed by atoms with Crippen LogP contribution < -0.4 is 0 Å². The number of hydrogen-bond donors (Lipinski definition) is 1. The average molecular weight is 416 g/mol. The second-order valence-corrected chi connectivity index (χ2v) is 20.2. The van der Waals surface area contributed by atoms with Crippen molar-refractivity contribution in [3.63, 3.8) is 0 Å². The monoisotopic (exact) mass is 417 g/mol. The Kier molecular flexibility index (Phi) is 9.53. The topological polar surface area (TPSA) is 40.5 Å². The molecular formula is C18H35NO2Sn. The van der Waals surface area contributed by atoms with E-state index in [1.165, 1.54) is 51.8 Å². The zero-order valence-corrected chi connectivity index (χ0v) is 17.7. The number of amides is 1. The van der Waals surface area contributed by atoms with Crippen molar-refractivity contribution >= 4 is 24.5 Å². The van der Waals surface area contributed by atoms with E-state index < -0.39 is 24.5 Å². The van der Waals surface area contributed by atoms with Crippen LogP contribution in [-0.4, -0.2) is 47.6 Å². The van der Waals surface area contributed by atoms with Gasteiger partial charge in [0, 0.05) is 0 Å². The number of unbranched alkanes of at least 4 members (excludes halogenated alkanes) is 3. The summed E-state index contributed by atoms with van der Waals surface area (Å²) in [7, 11) is 0. The maximum atomic E-state index is 11.1. The van der Waals surface area contributed by atoms with Gasteiger partial charge in [-0.15, -0.1) is 0 Å². The molecule has 0 saturated heterocycles. The van der Waals surface area contributed by atoms with E-state index in [0.29, 0.717) is 6.54 Å². The van der Waals surface area contributed by atoms with Crippen molar-refractivity contribution in [2.24, 2.45) is 0 Å². The van der Waals surface area contributed by atoms with E-state index in [-0.39, 0.29) is 0 Å². The molecule has 0 unspecified atom stereocenters. The second kappa shape index (κ2) is 10.6. The molecule has 0 saturated carbocycles. The fraction of sp³-hybridized carbons (Fsp3) is 0.833. The van der Waals surface area contributed by atoms with Crippen molar-refractivity contribution in [3.8, 4) is 0 Å². The normalized spacial score (nSPS) is 15.8. The van der Waals surface area contributed by atoms with Crippen LogP contribution in [0.3, 0.4) is 0 Å². The summed E-state index contributed by atoms with van der Waals surface area (Å²) in [5.41, 5.74) is 0. The van der Waals surface area contributed by atoms with Crippen LogP contribution in [-0.2, 0) is 0 Å². The minimum absolute atomic E-state index is 0.633. The Morgan fingerprint density at radius 2 is 1.59 bits per heavy atom. The van der Waals surface area contributed by atoms with Gasteiger partial charge in [0.15, 0.2) is 0 Å². The van der Waals surface area contributed by atoms with Gasteiger partial charge in [-0.1, -0.05) is 0 Å². The Balaban J connectivity index is 2.92. The third-order valence-electron chi connectivity index (χ3n) is 5.19. The molecule has 3 nitrogen and oxygen atoms in total.